The zero-order valence-corrected chi connectivity index (χ0v) is 36.4. The number of carbonyl (C=O) groups excluding carboxylic acids is 4. The van der Waals surface area contributed by atoms with Gasteiger partial charge in [-0.25, -0.2) is 23.6 Å². The molecule has 1 amide bonds. The van der Waals surface area contributed by atoms with Gasteiger partial charge in [0.1, 0.15) is 30.2 Å². The first kappa shape index (κ1) is 46.0. The van der Waals surface area contributed by atoms with Crippen molar-refractivity contribution >= 4 is 40.1 Å². The Morgan fingerprint density at radius 3 is 2.39 bits per heavy atom. The molecule has 3 aliphatic heterocycles. The number of amides is 1. The smallest absolute Gasteiger partial charge is 0.411 e. The number of Topliss-reactive ketones (excluding diaryl/α,β-unsaturated/α-hetero) is 2. The average Bonchev–Trinajstić information content (AvgIpc) is 3.90. The van der Waals surface area contributed by atoms with Gasteiger partial charge in [-0.3, -0.25) is 14.5 Å². The molecule has 2 aromatic heterocycles. The Labute approximate surface area is 348 Å². The number of nitrogens with two attached hydrogens (primary N) is 1. The molecule has 17 nitrogen and oxygen atoms in total. The van der Waals surface area contributed by atoms with Gasteiger partial charge in [0.15, 0.2) is 22.8 Å². The Morgan fingerprint density at radius 1 is 1.10 bits per heavy atom. The van der Waals surface area contributed by atoms with Crippen molar-refractivity contribution in [2.45, 2.75) is 141 Å². The topological polar surface area (TPSA) is 211 Å². The van der Waals surface area contributed by atoms with Gasteiger partial charge in [0.05, 0.1) is 41.5 Å². The molecule has 19 heteroatoms. The van der Waals surface area contributed by atoms with Gasteiger partial charge < -0.3 is 39.4 Å². The van der Waals surface area contributed by atoms with Crippen LogP contribution in [-0.2, 0) is 44.6 Å². The van der Waals surface area contributed by atoms with Crippen molar-refractivity contribution in [1.82, 2.24) is 29.8 Å². The fourth-order valence-corrected chi connectivity index (χ4v) is 9.45. The minimum atomic E-state index is -3.21. The first-order valence-corrected chi connectivity index (χ1v) is 20.7. The molecule has 0 spiro atoms. The molecule has 5 heterocycles. The van der Waals surface area contributed by atoms with Crippen molar-refractivity contribution in [2.75, 3.05) is 33.5 Å². The Balaban J connectivity index is 1.50. The number of halogens is 1. The van der Waals surface area contributed by atoms with Crippen LogP contribution in [0.5, 0.6) is 0 Å². The number of anilines is 1. The number of aliphatic hydroxyl groups is 1. The lowest BCUT2D eigenvalue weighted by molar-refractivity contribution is -0.295. The number of hydrogen-bond acceptors (Lipinski definition) is 16. The van der Waals surface area contributed by atoms with Crippen LogP contribution in [0.4, 0.5) is 14.3 Å². The van der Waals surface area contributed by atoms with Crippen LogP contribution >= 0.6 is 11.3 Å². The molecule has 0 aromatic carbocycles. The number of esters is 1. The van der Waals surface area contributed by atoms with E-state index in [1.807, 2.05) is 25.9 Å². The number of rotatable bonds is 8. The largest absolute Gasteiger partial charge is 0.455 e. The van der Waals surface area contributed by atoms with Crippen molar-refractivity contribution in [3.63, 3.8) is 0 Å². The number of carbonyl (C=O) groups is 4. The summed E-state index contributed by atoms with van der Waals surface area (Å²) < 4.78 is 48.7. The lowest BCUT2D eigenvalue weighted by Crippen LogP contribution is -2.61. The van der Waals surface area contributed by atoms with Gasteiger partial charge in [-0.15, -0.1) is 5.10 Å². The van der Waals surface area contributed by atoms with Crippen LogP contribution < -0.4 is 5.73 Å². The maximum absolute atomic E-state index is 16.9. The Kier molecular flexibility index (Phi) is 13.9. The first-order valence-electron chi connectivity index (χ1n) is 19.8. The third-order valence-electron chi connectivity index (χ3n) is 12.1. The van der Waals surface area contributed by atoms with Crippen LogP contribution in [0.2, 0.25) is 0 Å². The normalized spacial score (nSPS) is 37.4. The van der Waals surface area contributed by atoms with Gasteiger partial charge in [0, 0.05) is 37.1 Å². The van der Waals surface area contributed by atoms with E-state index in [1.54, 1.807) is 40.1 Å². The van der Waals surface area contributed by atoms with E-state index < -0.39 is 83.1 Å². The molecule has 0 bridgehead atoms. The number of thiazole rings is 1. The highest BCUT2D eigenvalue weighted by molar-refractivity contribution is 7.18. The number of hydrogen-bond donors (Lipinski definition) is 2. The van der Waals surface area contributed by atoms with Crippen LogP contribution in [0.25, 0.3) is 10.6 Å². The fourth-order valence-electron chi connectivity index (χ4n) is 8.82. The molecule has 0 radical (unpaired) electrons. The van der Waals surface area contributed by atoms with Gasteiger partial charge in [-0.05, 0) is 61.1 Å². The van der Waals surface area contributed by atoms with E-state index in [9.17, 15) is 24.3 Å². The summed E-state index contributed by atoms with van der Waals surface area (Å²) in [5, 5.41) is 20.0. The van der Waals surface area contributed by atoms with E-state index in [0.29, 0.717) is 17.2 Å². The number of ether oxygens (including phenoxy) is 5. The molecular weight excluding hydrogens is 790 g/mol. The molecule has 13 atom stereocenters. The van der Waals surface area contributed by atoms with Crippen molar-refractivity contribution in [2.24, 2.45) is 17.8 Å². The molecule has 0 saturated carbocycles. The molecule has 3 fully saturated rings. The predicted octanol–water partition coefficient (Wildman–Crippen LogP) is 3.28. The Morgan fingerprint density at radius 2 is 1.78 bits per heavy atom. The van der Waals surface area contributed by atoms with Gasteiger partial charge in [0.25, 0.3) is 5.67 Å². The average molecular weight is 848 g/mol. The number of methoxy groups -OCH3 is 1. The quantitative estimate of drug-likeness (QED) is 0.222. The third kappa shape index (κ3) is 9.17. The zero-order chi connectivity index (χ0) is 43.8. The van der Waals surface area contributed by atoms with Gasteiger partial charge in [0.2, 0.25) is 0 Å². The number of nitrogen functional groups attached to an aromatic ring is 1. The van der Waals surface area contributed by atoms with Crippen molar-refractivity contribution in [1.29, 1.82) is 0 Å². The number of fused-ring (bicyclic) bond motifs is 1. The summed E-state index contributed by atoms with van der Waals surface area (Å²) in [7, 11) is 5.00. The molecule has 3 aliphatic rings. The second-order valence-corrected chi connectivity index (χ2v) is 17.8. The molecular formula is C40H58FN7O10S. The van der Waals surface area contributed by atoms with Crippen molar-refractivity contribution in [3.8, 4) is 22.4 Å². The number of alkyl halides is 1. The summed E-state index contributed by atoms with van der Waals surface area (Å²) in [6, 6.07) is -1.43. The maximum atomic E-state index is 16.9. The Hall–Kier alpha value is -4.06. The molecule has 59 heavy (non-hydrogen) atoms. The van der Waals surface area contributed by atoms with E-state index >= 15 is 4.39 Å². The van der Waals surface area contributed by atoms with Crippen molar-refractivity contribution in [3.05, 3.63) is 12.4 Å². The monoisotopic (exact) mass is 847 g/mol. The van der Waals surface area contributed by atoms with E-state index in [1.165, 1.54) is 41.9 Å². The Bertz CT molecular complexity index is 1930. The SMILES string of the molecule is CC[C@H]1OC(=O)[C@@](C)(F)C(=O)[C@H](C)[C@@H](O[C@@H]2OC(C)CC(N(C)C)C2O)[C@](C)(OC)C[C@@H](C)C(=O)[C@H](C)[C@H]2N(CC#CCn3cc(-c4cnc(N)s4)nn3)C(=O)O[C@]12C. The number of aliphatic hydroxyl groups excluding tert-OH is 1. The minimum Gasteiger partial charge on any atom is -0.455 e. The highest BCUT2D eigenvalue weighted by atomic mass is 32.1. The second kappa shape index (κ2) is 17.9. The summed E-state index contributed by atoms with van der Waals surface area (Å²) in [4.78, 5) is 64.4. The minimum absolute atomic E-state index is 0.0392. The van der Waals surface area contributed by atoms with E-state index in [2.05, 4.69) is 27.1 Å². The number of ketones is 2. The standard InChI is InChI=1S/C40H58FN7O10S/c1-12-28-40(8)31(48(37(53)58-40)16-14-13-15-47-20-25(44-45-47)27-19-43-36(42)59-27)23(4)29(49)21(2)18-38(6,54-11)33(24(5)32(51)39(7,41)35(52)56-28)57-34-30(50)26(46(9)10)17-22(3)55-34/h19-24,26,28,30-31,33-34,50H,12,15-18H2,1-11H3,(H2,42,43)/t21-,22?,23+,24+,26?,28-,30?,31-,33-,34+,38-,39+,40-/m1/s1. The molecule has 326 valence electrons. The summed E-state index contributed by atoms with van der Waals surface area (Å²) in [6.45, 7) is 12.2. The van der Waals surface area contributed by atoms with E-state index in [-0.39, 0.29) is 43.9 Å². The lowest BCUT2D eigenvalue weighted by Gasteiger charge is -2.47. The number of aromatic nitrogens is 4. The van der Waals surface area contributed by atoms with Crippen LogP contribution in [0.15, 0.2) is 12.4 Å². The van der Waals surface area contributed by atoms with E-state index in [4.69, 9.17) is 29.4 Å². The molecule has 3 saturated heterocycles. The second-order valence-electron chi connectivity index (χ2n) is 16.7. The highest BCUT2D eigenvalue weighted by Gasteiger charge is 2.61. The van der Waals surface area contributed by atoms with E-state index in [0.717, 1.165) is 11.8 Å². The fraction of sp³-hybridized carbons (Fsp3) is 0.725. The summed E-state index contributed by atoms with van der Waals surface area (Å²) in [5.41, 5.74) is -0.0533. The number of cyclic esters (lactones) is 1. The van der Waals surface area contributed by atoms with Crippen LogP contribution in [0.1, 0.15) is 74.7 Å². The molecule has 5 rings (SSSR count). The van der Waals surface area contributed by atoms with Gasteiger partial charge >= 0.3 is 12.1 Å². The number of likely N-dealkylation sites (N-methyl/N-ethyl adjacent to an activating group) is 1. The summed E-state index contributed by atoms with van der Waals surface area (Å²) in [5.74, 6) is -0.128. The predicted molar refractivity (Wildman–Crippen MR) is 213 cm³/mol. The molecule has 3 N–H and O–H groups in total. The van der Waals surface area contributed by atoms with Gasteiger partial charge in [-0.1, -0.05) is 56.1 Å². The summed E-state index contributed by atoms with van der Waals surface area (Å²) >= 11 is 1.26. The van der Waals surface area contributed by atoms with Crippen LogP contribution in [0, 0.1) is 29.6 Å². The number of nitrogens with zero attached hydrogens (tertiary/aromatic N) is 6. The molecule has 0 aliphatic carbocycles. The molecule has 3 unspecified atom stereocenters. The maximum Gasteiger partial charge on any atom is 0.411 e. The lowest BCUT2D eigenvalue weighted by atomic mass is 9.73. The summed E-state index contributed by atoms with van der Waals surface area (Å²) in [6.07, 6.45) is -2.46. The highest BCUT2D eigenvalue weighted by Crippen LogP contribution is 2.43. The van der Waals surface area contributed by atoms with Gasteiger partial charge in [-0.2, -0.15) is 0 Å². The van der Waals surface area contributed by atoms with Crippen molar-refractivity contribution < 1.29 is 52.4 Å². The van der Waals surface area contributed by atoms with Crippen LogP contribution in [-0.4, -0.2) is 146 Å². The third-order valence-corrected chi connectivity index (χ3v) is 13.0. The first-order chi connectivity index (χ1) is 27.6. The van der Waals surface area contributed by atoms with Crippen LogP contribution in [0.3, 0.4) is 0 Å². The zero-order valence-electron chi connectivity index (χ0n) is 35.6. The molecule has 2 aromatic rings.